The zero-order valence-corrected chi connectivity index (χ0v) is 18.9. The number of aliphatic hydroxyl groups is 1. The van der Waals surface area contributed by atoms with E-state index in [0.717, 1.165) is 0 Å². The molecule has 0 saturated heterocycles. The van der Waals surface area contributed by atoms with Crippen molar-refractivity contribution < 1.29 is 152 Å². The second-order valence-electron chi connectivity index (χ2n) is 1.81. The third-order valence-corrected chi connectivity index (χ3v) is 2.75. The Labute approximate surface area is 176 Å². The van der Waals surface area contributed by atoms with E-state index in [1.165, 1.54) is 0 Å². The Balaban J connectivity index is -0.0000000833. The van der Waals surface area contributed by atoms with Crippen LogP contribution in [-0.2, 0) is 9.13 Å². The summed E-state index contributed by atoms with van der Waals surface area (Å²) < 4.78 is 19.6. The summed E-state index contributed by atoms with van der Waals surface area (Å²) in [6.45, 7) is 0. The Morgan fingerprint density at radius 1 is 0.933 bits per heavy atom. The van der Waals surface area contributed by atoms with Crippen LogP contribution < -0.4 is 138 Å². The molecule has 0 fully saturated rings. The number of aliphatic hydroxyl groups excluding tert-OH is 1. The van der Waals surface area contributed by atoms with Crippen molar-refractivity contribution in [1.82, 2.24) is 0 Å². The van der Waals surface area contributed by atoms with Crippen molar-refractivity contribution >= 4 is 15.2 Å². The van der Waals surface area contributed by atoms with Gasteiger partial charge in [0, 0.05) is 6.16 Å². The first-order valence-corrected chi connectivity index (χ1v) is 5.68. The summed E-state index contributed by atoms with van der Waals surface area (Å²) in [5, 5.41) is 8.26. The van der Waals surface area contributed by atoms with Crippen LogP contribution in [0.15, 0.2) is 0 Å². The molecule has 0 spiro atoms. The van der Waals surface area contributed by atoms with Crippen molar-refractivity contribution in [2.24, 2.45) is 0 Å². The summed E-state index contributed by atoms with van der Waals surface area (Å²) >= 11 is 0. The van der Waals surface area contributed by atoms with E-state index in [0.29, 0.717) is 0 Å². The normalized spacial score (nSPS) is 12.1. The van der Waals surface area contributed by atoms with E-state index in [2.05, 4.69) is 0 Å². The molecule has 0 aromatic carbocycles. The molecule has 1 N–H and O–H groups in total. The number of hydrogen-bond donors (Lipinski definition) is 1. The van der Waals surface area contributed by atoms with Crippen molar-refractivity contribution in [3.8, 4) is 0 Å². The fraction of sp³-hybridized carbons (Fsp3) is 1.00. The molecular formula is C2H4Na4O7P2. The third kappa shape index (κ3) is 20.7. The van der Waals surface area contributed by atoms with Crippen molar-refractivity contribution in [2.45, 2.75) is 5.85 Å². The minimum Gasteiger partial charge on any atom is -0.811 e. The molecule has 1 atom stereocenters. The summed E-state index contributed by atoms with van der Waals surface area (Å²) in [4.78, 5) is 39.3. The maximum absolute atomic E-state index is 9.83. The van der Waals surface area contributed by atoms with Gasteiger partial charge in [-0.25, -0.2) is 0 Å². The second kappa shape index (κ2) is 13.3. The summed E-state index contributed by atoms with van der Waals surface area (Å²) in [6, 6.07) is 0. The van der Waals surface area contributed by atoms with Gasteiger partial charge in [-0.05, 0) is 7.60 Å². The van der Waals surface area contributed by atoms with Crippen LogP contribution in [0.5, 0.6) is 0 Å². The third-order valence-electron chi connectivity index (χ3n) is 0.752. The van der Waals surface area contributed by atoms with Crippen LogP contribution in [0.1, 0.15) is 0 Å². The van der Waals surface area contributed by atoms with Crippen LogP contribution >= 0.6 is 15.2 Å². The standard InChI is InChI=1S/C2H8O7P2.4Na/c3-2(11(7,8)9)1-10(4,5)6;;;;/h2-3H,1H2,(H2,4,5,6)(H2,7,8,9);;;;/q;4*+1/p-4. The van der Waals surface area contributed by atoms with Gasteiger partial charge in [0.2, 0.25) is 0 Å². The van der Waals surface area contributed by atoms with Crippen molar-refractivity contribution in [2.75, 3.05) is 6.16 Å². The maximum atomic E-state index is 9.83. The predicted molar refractivity (Wildman–Crippen MR) is 26.1 cm³/mol. The van der Waals surface area contributed by atoms with Gasteiger partial charge in [-0.1, -0.05) is 7.60 Å². The molecule has 15 heavy (non-hydrogen) atoms. The van der Waals surface area contributed by atoms with Gasteiger partial charge in [-0.15, -0.1) is 0 Å². The van der Waals surface area contributed by atoms with E-state index >= 15 is 0 Å². The molecule has 0 bridgehead atoms. The fourth-order valence-electron chi connectivity index (χ4n) is 0.300. The zero-order valence-electron chi connectivity index (χ0n) is 9.08. The Morgan fingerprint density at radius 3 is 1.27 bits per heavy atom. The first kappa shape index (κ1) is 31.6. The minimum atomic E-state index is -5.37. The van der Waals surface area contributed by atoms with Gasteiger partial charge in [-0.3, -0.25) is 0 Å². The topological polar surface area (TPSA) is 147 Å². The summed E-state index contributed by atoms with van der Waals surface area (Å²) in [5.41, 5.74) is 0. The molecule has 0 amide bonds. The Morgan fingerprint density at radius 2 is 1.20 bits per heavy atom. The second-order valence-corrected chi connectivity index (χ2v) is 5.08. The monoisotopic (exact) mass is 294 g/mol. The Bertz CT molecular complexity index is 223. The Hall–Kier alpha value is 4.26. The van der Waals surface area contributed by atoms with Gasteiger partial charge in [0.25, 0.3) is 0 Å². The molecule has 0 rings (SSSR count). The molecule has 0 aliphatic heterocycles. The average Bonchev–Trinajstić information content (AvgIpc) is 1.56. The van der Waals surface area contributed by atoms with Crippen molar-refractivity contribution in [1.29, 1.82) is 0 Å². The van der Waals surface area contributed by atoms with Crippen LogP contribution in [-0.4, -0.2) is 17.1 Å². The van der Waals surface area contributed by atoms with Gasteiger partial charge >= 0.3 is 118 Å². The molecule has 0 radical (unpaired) electrons. The first-order valence-electron chi connectivity index (χ1n) is 2.34. The average molecular weight is 294 g/mol. The predicted octanol–water partition coefficient (Wildman–Crippen LogP) is -15.9. The quantitative estimate of drug-likeness (QED) is 0.401. The molecule has 0 aromatic heterocycles. The van der Waals surface area contributed by atoms with Gasteiger partial charge in [0.05, 0.1) is 5.85 Å². The molecule has 0 saturated carbocycles. The molecule has 68 valence electrons. The zero-order chi connectivity index (χ0) is 9.28. The van der Waals surface area contributed by atoms with E-state index in [4.69, 9.17) is 5.11 Å². The maximum Gasteiger partial charge on any atom is 1.00 e. The van der Waals surface area contributed by atoms with E-state index in [1.54, 1.807) is 0 Å². The van der Waals surface area contributed by atoms with E-state index in [9.17, 15) is 28.7 Å². The Kier molecular flexibility index (Phi) is 27.9. The number of hydrogen-bond acceptors (Lipinski definition) is 7. The molecule has 0 aliphatic rings. The van der Waals surface area contributed by atoms with Crippen LogP contribution in [0, 0.1) is 0 Å². The molecule has 0 heterocycles. The summed E-state index contributed by atoms with van der Waals surface area (Å²) in [5.74, 6) is -2.64. The molecule has 13 heteroatoms. The van der Waals surface area contributed by atoms with Crippen LogP contribution in [0.2, 0.25) is 0 Å². The van der Waals surface area contributed by atoms with Crippen LogP contribution in [0.25, 0.3) is 0 Å². The molecule has 7 nitrogen and oxygen atoms in total. The minimum absolute atomic E-state index is 0. The molecule has 1 unspecified atom stereocenters. The van der Waals surface area contributed by atoms with E-state index in [1.807, 2.05) is 0 Å². The van der Waals surface area contributed by atoms with Gasteiger partial charge < -0.3 is 33.8 Å². The van der Waals surface area contributed by atoms with Gasteiger partial charge in [0.15, 0.2) is 0 Å². The van der Waals surface area contributed by atoms with E-state index < -0.39 is 27.2 Å². The first-order chi connectivity index (χ1) is 4.63. The SMILES string of the molecule is O=P([O-])([O-])CC(O)P(=O)([O-])[O-].[Na+].[Na+].[Na+].[Na+]. The smallest absolute Gasteiger partial charge is 0.811 e. The van der Waals surface area contributed by atoms with Gasteiger partial charge in [-0.2, -0.15) is 0 Å². The molecular weight excluding hydrogens is 290 g/mol. The van der Waals surface area contributed by atoms with Crippen molar-refractivity contribution in [3.05, 3.63) is 0 Å². The van der Waals surface area contributed by atoms with Crippen LogP contribution in [0.4, 0.5) is 0 Å². The largest absolute Gasteiger partial charge is 1.00 e. The molecule has 0 aliphatic carbocycles. The molecule has 0 aromatic rings. The number of rotatable bonds is 3. The van der Waals surface area contributed by atoms with E-state index in [-0.39, 0.29) is 118 Å². The van der Waals surface area contributed by atoms with Crippen LogP contribution in [0.3, 0.4) is 0 Å². The fourth-order valence-corrected chi connectivity index (χ4v) is 2.10. The van der Waals surface area contributed by atoms with Gasteiger partial charge in [0.1, 0.15) is 0 Å². The van der Waals surface area contributed by atoms with Crippen molar-refractivity contribution in [3.63, 3.8) is 0 Å². The summed E-state index contributed by atoms with van der Waals surface area (Å²) in [7, 11) is -10.5. The summed E-state index contributed by atoms with van der Waals surface area (Å²) in [6.07, 6.45) is -1.57.